The Balaban J connectivity index is 1.90. The van der Waals surface area contributed by atoms with E-state index in [1.165, 1.54) is 25.0 Å². The number of halogens is 2. The largest absolute Gasteiger partial charge is 0.506 e. The Hall–Kier alpha value is -0.650. The molecule has 1 heterocycles. The molecule has 2 aliphatic rings. The van der Waals surface area contributed by atoms with Gasteiger partial charge in [-0.05, 0) is 40.4 Å². The zero-order valence-corrected chi connectivity index (χ0v) is 13.0. The van der Waals surface area contributed by atoms with Crippen LogP contribution >= 0.6 is 15.9 Å². The number of phenols is 1. The minimum atomic E-state index is -0.291. The Morgan fingerprint density at radius 2 is 2.05 bits per heavy atom. The number of benzene rings is 1. The summed E-state index contributed by atoms with van der Waals surface area (Å²) in [7, 11) is 0. The van der Waals surface area contributed by atoms with E-state index in [1.54, 1.807) is 0 Å². The summed E-state index contributed by atoms with van der Waals surface area (Å²) in [6, 6.07) is 2.94. The highest BCUT2D eigenvalue weighted by molar-refractivity contribution is 9.10. The van der Waals surface area contributed by atoms with Crippen LogP contribution in [0.1, 0.15) is 30.9 Å². The molecule has 3 nitrogen and oxygen atoms in total. The maximum atomic E-state index is 13.7. The first kappa shape index (κ1) is 14.3. The molecule has 0 unspecified atom stereocenters. The Labute approximate surface area is 127 Å². The van der Waals surface area contributed by atoms with E-state index >= 15 is 0 Å². The molecule has 1 aromatic carbocycles. The van der Waals surface area contributed by atoms with Gasteiger partial charge in [-0.25, -0.2) is 4.39 Å². The SMILES string of the molecule is Oc1c(Br)cc(F)cc1[C@@H](CC1CC1)N1CCNCC1. The summed E-state index contributed by atoms with van der Waals surface area (Å²) < 4.78 is 14.2. The number of aromatic hydroxyl groups is 1. The highest BCUT2D eigenvalue weighted by Gasteiger charge is 2.32. The van der Waals surface area contributed by atoms with Crippen molar-refractivity contribution in [2.24, 2.45) is 5.92 Å². The average molecular weight is 343 g/mol. The van der Waals surface area contributed by atoms with Crippen LogP contribution in [0.15, 0.2) is 16.6 Å². The van der Waals surface area contributed by atoms with Gasteiger partial charge in [0.15, 0.2) is 0 Å². The zero-order chi connectivity index (χ0) is 14.1. The summed E-state index contributed by atoms with van der Waals surface area (Å²) in [5.41, 5.74) is 0.727. The normalized spacial score (nSPS) is 21.9. The molecule has 0 aromatic heterocycles. The molecule has 0 bridgehead atoms. The van der Waals surface area contributed by atoms with Gasteiger partial charge in [0.25, 0.3) is 0 Å². The topological polar surface area (TPSA) is 35.5 Å². The number of rotatable bonds is 4. The molecule has 0 spiro atoms. The van der Waals surface area contributed by atoms with Crippen molar-refractivity contribution in [3.63, 3.8) is 0 Å². The molecule has 5 heteroatoms. The quantitative estimate of drug-likeness (QED) is 0.882. The van der Waals surface area contributed by atoms with E-state index in [1.807, 2.05) is 0 Å². The molecule has 1 aliphatic heterocycles. The lowest BCUT2D eigenvalue weighted by atomic mass is 9.97. The van der Waals surface area contributed by atoms with Crippen LogP contribution in [0.25, 0.3) is 0 Å². The monoisotopic (exact) mass is 342 g/mol. The molecular formula is C15H20BrFN2O. The van der Waals surface area contributed by atoms with Gasteiger partial charge in [-0.2, -0.15) is 0 Å². The standard InChI is InChI=1S/C15H20BrFN2O/c16-13-9-11(17)8-12(15(13)20)14(7-10-1-2-10)19-5-3-18-4-6-19/h8-10,14,18,20H,1-7H2/t14-/m1/s1. The van der Waals surface area contributed by atoms with Gasteiger partial charge in [-0.15, -0.1) is 0 Å². The molecule has 1 aliphatic carbocycles. The highest BCUT2D eigenvalue weighted by atomic mass is 79.9. The lowest BCUT2D eigenvalue weighted by Gasteiger charge is -2.35. The van der Waals surface area contributed by atoms with Gasteiger partial charge in [-0.1, -0.05) is 12.8 Å². The minimum absolute atomic E-state index is 0.122. The van der Waals surface area contributed by atoms with Gasteiger partial charge in [0.2, 0.25) is 0 Å². The van der Waals surface area contributed by atoms with Crippen LogP contribution in [0.3, 0.4) is 0 Å². The van der Waals surface area contributed by atoms with Crippen molar-refractivity contribution in [2.45, 2.75) is 25.3 Å². The first-order valence-corrected chi connectivity index (χ1v) is 8.07. The van der Waals surface area contributed by atoms with Crippen LogP contribution in [0, 0.1) is 11.7 Å². The Kier molecular flexibility index (Phi) is 4.29. The van der Waals surface area contributed by atoms with E-state index in [9.17, 15) is 9.50 Å². The van der Waals surface area contributed by atoms with E-state index in [0.717, 1.165) is 44.1 Å². The number of nitrogens with one attached hydrogen (secondary N) is 1. The van der Waals surface area contributed by atoms with Crippen molar-refractivity contribution in [2.75, 3.05) is 26.2 Å². The van der Waals surface area contributed by atoms with Crippen LogP contribution in [0.5, 0.6) is 5.75 Å². The van der Waals surface area contributed by atoms with Crippen molar-refractivity contribution in [3.8, 4) is 5.75 Å². The molecular weight excluding hydrogens is 323 g/mol. The molecule has 0 radical (unpaired) electrons. The van der Waals surface area contributed by atoms with E-state index in [2.05, 4.69) is 26.1 Å². The van der Waals surface area contributed by atoms with Gasteiger partial charge >= 0.3 is 0 Å². The maximum Gasteiger partial charge on any atom is 0.134 e. The predicted molar refractivity (Wildman–Crippen MR) is 80.3 cm³/mol. The number of piperazine rings is 1. The zero-order valence-electron chi connectivity index (χ0n) is 11.4. The summed E-state index contributed by atoms with van der Waals surface area (Å²) in [6.45, 7) is 3.81. The molecule has 2 fully saturated rings. The summed E-state index contributed by atoms with van der Waals surface area (Å²) in [5, 5.41) is 13.6. The van der Waals surface area contributed by atoms with Gasteiger partial charge in [-0.3, -0.25) is 4.90 Å². The third-order valence-electron chi connectivity index (χ3n) is 4.26. The van der Waals surface area contributed by atoms with Gasteiger partial charge in [0.1, 0.15) is 11.6 Å². The Morgan fingerprint density at radius 3 is 2.70 bits per heavy atom. The molecule has 2 N–H and O–H groups in total. The van der Waals surface area contributed by atoms with E-state index in [4.69, 9.17) is 0 Å². The number of nitrogens with zero attached hydrogens (tertiary/aromatic N) is 1. The molecule has 1 atom stereocenters. The van der Waals surface area contributed by atoms with Crippen molar-refractivity contribution in [3.05, 3.63) is 28.0 Å². The second-order valence-corrected chi connectivity index (χ2v) is 6.66. The van der Waals surface area contributed by atoms with Crippen LogP contribution in [-0.2, 0) is 0 Å². The van der Waals surface area contributed by atoms with Crippen molar-refractivity contribution >= 4 is 15.9 Å². The number of hydrogen-bond acceptors (Lipinski definition) is 3. The fourth-order valence-electron chi connectivity index (χ4n) is 2.98. The average Bonchev–Trinajstić information content (AvgIpc) is 3.25. The maximum absolute atomic E-state index is 13.7. The third-order valence-corrected chi connectivity index (χ3v) is 4.87. The molecule has 1 aromatic rings. The van der Waals surface area contributed by atoms with Crippen molar-refractivity contribution < 1.29 is 9.50 Å². The molecule has 1 saturated heterocycles. The lowest BCUT2D eigenvalue weighted by molar-refractivity contribution is 0.157. The third kappa shape index (κ3) is 3.15. The van der Waals surface area contributed by atoms with E-state index in [0.29, 0.717) is 4.47 Å². The fraction of sp³-hybridized carbons (Fsp3) is 0.600. The predicted octanol–water partition coefficient (Wildman–Crippen LogP) is 3.04. The first-order valence-electron chi connectivity index (χ1n) is 7.28. The first-order chi connectivity index (χ1) is 9.65. The summed E-state index contributed by atoms with van der Waals surface area (Å²) in [6.07, 6.45) is 3.54. The molecule has 20 heavy (non-hydrogen) atoms. The lowest BCUT2D eigenvalue weighted by Crippen LogP contribution is -2.45. The Bertz CT molecular complexity index is 487. The van der Waals surface area contributed by atoms with Gasteiger partial charge in [0, 0.05) is 37.8 Å². The summed E-state index contributed by atoms with van der Waals surface area (Å²) in [4.78, 5) is 2.37. The van der Waals surface area contributed by atoms with Crippen LogP contribution < -0.4 is 5.32 Å². The van der Waals surface area contributed by atoms with Crippen molar-refractivity contribution in [1.82, 2.24) is 10.2 Å². The summed E-state index contributed by atoms with van der Waals surface area (Å²) >= 11 is 3.25. The van der Waals surface area contributed by atoms with Crippen LogP contribution in [0.4, 0.5) is 4.39 Å². The molecule has 110 valence electrons. The minimum Gasteiger partial charge on any atom is -0.506 e. The second kappa shape index (κ2) is 6.00. The van der Waals surface area contributed by atoms with E-state index < -0.39 is 0 Å². The molecule has 0 amide bonds. The van der Waals surface area contributed by atoms with E-state index in [-0.39, 0.29) is 17.6 Å². The van der Waals surface area contributed by atoms with Crippen LogP contribution in [0.2, 0.25) is 0 Å². The molecule has 3 rings (SSSR count). The summed E-state index contributed by atoms with van der Waals surface area (Å²) in [5.74, 6) is 0.632. The van der Waals surface area contributed by atoms with Crippen molar-refractivity contribution in [1.29, 1.82) is 0 Å². The number of phenolic OH excluding ortho intramolecular Hbond substituents is 1. The number of hydrogen-bond donors (Lipinski definition) is 2. The van der Waals surface area contributed by atoms with Gasteiger partial charge < -0.3 is 10.4 Å². The van der Waals surface area contributed by atoms with Gasteiger partial charge in [0.05, 0.1) is 4.47 Å². The highest BCUT2D eigenvalue weighted by Crippen LogP contribution is 2.44. The smallest absolute Gasteiger partial charge is 0.134 e. The Morgan fingerprint density at radius 1 is 1.35 bits per heavy atom. The molecule has 1 saturated carbocycles. The fourth-order valence-corrected chi connectivity index (χ4v) is 3.42. The van der Waals surface area contributed by atoms with Crippen LogP contribution in [-0.4, -0.2) is 36.2 Å². The second-order valence-electron chi connectivity index (χ2n) is 5.81.